The van der Waals surface area contributed by atoms with Crippen molar-refractivity contribution in [1.29, 1.82) is 0 Å². The Morgan fingerprint density at radius 3 is 2.45 bits per heavy atom. The summed E-state index contributed by atoms with van der Waals surface area (Å²) in [6.07, 6.45) is 2.48. The van der Waals surface area contributed by atoms with Gasteiger partial charge in [-0.05, 0) is 18.6 Å². The van der Waals surface area contributed by atoms with E-state index in [0.717, 1.165) is 50.4 Å². The maximum Gasteiger partial charge on any atom is 0.224 e. The molecule has 0 atom stereocenters. The molecule has 2 amide bonds. The van der Waals surface area contributed by atoms with E-state index >= 15 is 0 Å². The van der Waals surface area contributed by atoms with Crippen LogP contribution in [0.25, 0.3) is 0 Å². The van der Waals surface area contributed by atoms with Crippen molar-refractivity contribution in [2.75, 3.05) is 36.4 Å². The fourth-order valence-corrected chi connectivity index (χ4v) is 2.67. The molecule has 1 aliphatic rings. The number of nitrogens with one attached hydrogen (secondary N) is 1. The summed E-state index contributed by atoms with van der Waals surface area (Å²) in [5.41, 5.74) is 1.90. The van der Waals surface area contributed by atoms with Gasteiger partial charge in [0.15, 0.2) is 0 Å². The van der Waals surface area contributed by atoms with Crippen molar-refractivity contribution in [3.8, 4) is 0 Å². The van der Waals surface area contributed by atoms with Crippen LogP contribution in [0.15, 0.2) is 24.3 Å². The summed E-state index contributed by atoms with van der Waals surface area (Å²) in [4.78, 5) is 27.5. The Labute approximate surface area is 132 Å². The van der Waals surface area contributed by atoms with Crippen LogP contribution in [-0.4, -0.2) is 42.9 Å². The number of unbranched alkanes of at least 4 members (excludes halogenated alkanes) is 1. The number of amides is 2. The Kier molecular flexibility index (Phi) is 5.81. The lowest BCUT2D eigenvalue weighted by atomic mass is 10.2. The predicted molar refractivity (Wildman–Crippen MR) is 89.1 cm³/mol. The largest absolute Gasteiger partial charge is 0.366 e. The van der Waals surface area contributed by atoms with Crippen LogP contribution in [0.5, 0.6) is 0 Å². The molecule has 120 valence electrons. The quantitative estimate of drug-likeness (QED) is 0.909. The van der Waals surface area contributed by atoms with Gasteiger partial charge in [-0.2, -0.15) is 0 Å². The van der Waals surface area contributed by atoms with Gasteiger partial charge in [0.1, 0.15) is 0 Å². The predicted octanol–water partition coefficient (Wildman–Crippen LogP) is 2.48. The van der Waals surface area contributed by atoms with Crippen LogP contribution in [-0.2, 0) is 9.59 Å². The average Bonchev–Trinajstić information content (AvgIpc) is 2.53. The van der Waals surface area contributed by atoms with Crippen molar-refractivity contribution < 1.29 is 9.59 Å². The van der Waals surface area contributed by atoms with Crippen LogP contribution >= 0.6 is 0 Å². The molecule has 22 heavy (non-hydrogen) atoms. The van der Waals surface area contributed by atoms with Gasteiger partial charge in [-0.3, -0.25) is 9.59 Å². The van der Waals surface area contributed by atoms with Crippen molar-refractivity contribution in [1.82, 2.24) is 4.90 Å². The Balaban J connectivity index is 2.02. The SMILES string of the molecule is CCCCC(=O)Nc1ccccc1N1CCN(C(C)=O)CC1. The summed E-state index contributed by atoms with van der Waals surface area (Å²) in [6.45, 7) is 6.73. The maximum atomic E-state index is 12.0. The van der Waals surface area contributed by atoms with Crippen LogP contribution < -0.4 is 10.2 Å². The van der Waals surface area contributed by atoms with Gasteiger partial charge in [0.05, 0.1) is 11.4 Å². The number of carbonyl (C=O) groups is 2. The van der Waals surface area contributed by atoms with Crippen LogP contribution in [0.2, 0.25) is 0 Å². The molecule has 1 fully saturated rings. The minimum atomic E-state index is 0.0664. The van der Waals surface area contributed by atoms with Gasteiger partial charge < -0.3 is 15.1 Å². The molecule has 1 aliphatic heterocycles. The zero-order valence-corrected chi connectivity index (χ0v) is 13.5. The highest BCUT2D eigenvalue weighted by Crippen LogP contribution is 2.26. The van der Waals surface area contributed by atoms with E-state index in [1.54, 1.807) is 6.92 Å². The minimum absolute atomic E-state index is 0.0664. The van der Waals surface area contributed by atoms with Crippen LogP contribution in [0, 0.1) is 0 Å². The number of rotatable bonds is 5. The number of anilines is 2. The number of para-hydroxylation sites is 2. The third kappa shape index (κ3) is 4.23. The highest BCUT2D eigenvalue weighted by atomic mass is 16.2. The monoisotopic (exact) mass is 303 g/mol. The minimum Gasteiger partial charge on any atom is -0.366 e. The standard InChI is InChI=1S/C17H25N3O2/c1-3-4-9-17(22)18-15-7-5-6-8-16(15)20-12-10-19(11-13-20)14(2)21/h5-8H,3-4,9-13H2,1-2H3,(H,18,22). The molecule has 2 rings (SSSR count). The van der Waals surface area contributed by atoms with Gasteiger partial charge in [0, 0.05) is 39.5 Å². The van der Waals surface area contributed by atoms with Crippen LogP contribution in [0.3, 0.4) is 0 Å². The van der Waals surface area contributed by atoms with Gasteiger partial charge >= 0.3 is 0 Å². The first kappa shape index (κ1) is 16.3. The summed E-state index contributed by atoms with van der Waals surface area (Å²) >= 11 is 0. The summed E-state index contributed by atoms with van der Waals surface area (Å²) in [7, 11) is 0. The molecule has 0 bridgehead atoms. The number of benzene rings is 1. The van der Waals surface area contributed by atoms with Gasteiger partial charge in [0.25, 0.3) is 0 Å². The first-order valence-electron chi connectivity index (χ1n) is 8.01. The van der Waals surface area contributed by atoms with Crippen LogP contribution in [0.4, 0.5) is 11.4 Å². The first-order chi connectivity index (χ1) is 10.6. The maximum absolute atomic E-state index is 12.0. The molecular formula is C17H25N3O2. The molecule has 1 aromatic rings. The molecule has 1 heterocycles. The Bertz CT molecular complexity index is 522. The molecule has 0 unspecified atom stereocenters. The number of nitrogens with zero attached hydrogens (tertiary/aromatic N) is 2. The van der Waals surface area contributed by atoms with Crippen LogP contribution in [0.1, 0.15) is 33.1 Å². The molecule has 1 saturated heterocycles. The van der Waals surface area contributed by atoms with Crippen molar-refractivity contribution >= 4 is 23.2 Å². The van der Waals surface area contributed by atoms with E-state index in [4.69, 9.17) is 0 Å². The average molecular weight is 303 g/mol. The Hall–Kier alpha value is -2.04. The lowest BCUT2D eigenvalue weighted by Crippen LogP contribution is -2.48. The highest BCUT2D eigenvalue weighted by molar-refractivity contribution is 5.94. The summed E-state index contributed by atoms with van der Waals surface area (Å²) in [5, 5.41) is 3.02. The molecular weight excluding hydrogens is 278 g/mol. The van der Waals surface area contributed by atoms with Crippen molar-refractivity contribution in [2.45, 2.75) is 33.1 Å². The first-order valence-corrected chi connectivity index (χ1v) is 8.01. The number of hydrogen-bond acceptors (Lipinski definition) is 3. The van der Waals surface area contributed by atoms with Gasteiger partial charge in [0.2, 0.25) is 11.8 Å². The highest BCUT2D eigenvalue weighted by Gasteiger charge is 2.20. The molecule has 5 heteroatoms. The van der Waals surface area contributed by atoms with Gasteiger partial charge in [-0.25, -0.2) is 0 Å². The number of hydrogen-bond donors (Lipinski definition) is 1. The summed E-state index contributed by atoms with van der Waals surface area (Å²) < 4.78 is 0. The molecule has 0 spiro atoms. The van der Waals surface area contributed by atoms with E-state index in [1.807, 2.05) is 29.2 Å². The Morgan fingerprint density at radius 1 is 1.14 bits per heavy atom. The Morgan fingerprint density at radius 2 is 1.82 bits per heavy atom. The summed E-state index contributed by atoms with van der Waals surface area (Å²) in [6, 6.07) is 7.88. The third-order valence-electron chi connectivity index (χ3n) is 4.00. The second kappa shape index (κ2) is 7.82. The second-order valence-corrected chi connectivity index (χ2v) is 5.66. The van der Waals surface area contributed by atoms with E-state index in [2.05, 4.69) is 17.1 Å². The van der Waals surface area contributed by atoms with Crippen molar-refractivity contribution in [3.63, 3.8) is 0 Å². The molecule has 1 aromatic carbocycles. The number of carbonyl (C=O) groups excluding carboxylic acids is 2. The van der Waals surface area contributed by atoms with Gasteiger partial charge in [-0.1, -0.05) is 25.5 Å². The smallest absolute Gasteiger partial charge is 0.224 e. The van der Waals surface area contributed by atoms with E-state index in [9.17, 15) is 9.59 Å². The fraction of sp³-hybridized carbons (Fsp3) is 0.529. The van der Waals surface area contributed by atoms with E-state index in [1.165, 1.54) is 0 Å². The van der Waals surface area contributed by atoms with E-state index < -0.39 is 0 Å². The van der Waals surface area contributed by atoms with E-state index in [0.29, 0.717) is 6.42 Å². The fourth-order valence-electron chi connectivity index (χ4n) is 2.67. The van der Waals surface area contributed by atoms with Crippen molar-refractivity contribution in [3.05, 3.63) is 24.3 Å². The molecule has 0 aliphatic carbocycles. The normalized spacial score (nSPS) is 14.8. The lowest BCUT2D eigenvalue weighted by molar-refractivity contribution is -0.129. The van der Waals surface area contributed by atoms with E-state index in [-0.39, 0.29) is 11.8 Å². The second-order valence-electron chi connectivity index (χ2n) is 5.66. The lowest BCUT2D eigenvalue weighted by Gasteiger charge is -2.36. The summed E-state index contributed by atoms with van der Waals surface area (Å²) in [5.74, 6) is 0.192. The number of piperazine rings is 1. The third-order valence-corrected chi connectivity index (χ3v) is 4.00. The topological polar surface area (TPSA) is 52.7 Å². The molecule has 0 radical (unpaired) electrons. The van der Waals surface area contributed by atoms with Crippen molar-refractivity contribution in [2.24, 2.45) is 0 Å². The molecule has 0 aromatic heterocycles. The molecule has 5 nitrogen and oxygen atoms in total. The zero-order valence-electron chi connectivity index (χ0n) is 13.5. The van der Waals surface area contributed by atoms with Gasteiger partial charge in [-0.15, -0.1) is 0 Å². The molecule has 1 N–H and O–H groups in total. The molecule has 0 saturated carbocycles. The zero-order chi connectivity index (χ0) is 15.9.